The molecular weight excluding hydrogens is 435 g/mol. The predicted molar refractivity (Wildman–Crippen MR) is 137 cm³/mol. The van der Waals surface area contributed by atoms with Crippen LogP contribution in [0, 0.1) is 6.92 Å². The summed E-state index contributed by atoms with van der Waals surface area (Å²) in [5, 5.41) is 2.34. The lowest BCUT2D eigenvalue weighted by Gasteiger charge is -2.09. The standard InChI is InChI=1S/C17H14ClN.C11H10ClN/c18-16(13-6-2-1-3-7-13)12-15-11-10-14-8-4-5-9-17(14)19-15;1-8-6-9(7-12)13-11-5-3-2-4-10(8)11/h1-11,16H,12H2;2-6H,7H2,1H3. The molecule has 0 bridgehead atoms. The van der Waals surface area contributed by atoms with Gasteiger partial charge in [0.1, 0.15) is 0 Å². The van der Waals surface area contributed by atoms with Crippen molar-refractivity contribution in [2.24, 2.45) is 0 Å². The van der Waals surface area contributed by atoms with Gasteiger partial charge in [-0.15, -0.1) is 23.2 Å². The molecule has 0 aliphatic rings. The van der Waals surface area contributed by atoms with Crippen LogP contribution in [0.4, 0.5) is 0 Å². The summed E-state index contributed by atoms with van der Waals surface area (Å²) in [6, 6.07) is 32.6. The molecule has 0 saturated carbocycles. The van der Waals surface area contributed by atoms with E-state index in [9.17, 15) is 0 Å². The van der Waals surface area contributed by atoms with Gasteiger partial charge in [0.05, 0.1) is 28.0 Å². The van der Waals surface area contributed by atoms with Crippen molar-refractivity contribution in [3.8, 4) is 0 Å². The molecule has 0 radical (unpaired) electrons. The number of benzene rings is 3. The molecule has 2 heterocycles. The molecule has 1 unspecified atom stereocenters. The molecule has 0 saturated heterocycles. The van der Waals surface area contributed by atoms with Crippen molar-refractivity contribution in [2.75, 3.05) is 0 Å². The van der Waals surface area contributed by atoms with Crippen LogP contribution >= 0.6 is 23.2 Å². The van der Waals surface area contributed by atoms with Gasteiger partial charge in [0, 0.05) is 22.9 Å². The lowest BCUT2D eigenvalue weighted by atomic mass is 10.1. The third-order valence-corrected chi connectivity index (χ3v) is 6.00. The molecule has 4 heteroatoms. The number of para-hydroxylation sites is 2. The van der Waals surface area contributed by atoms with E-state index < -0.39 is 0 Å². The minimum absolute atomic E-state index is 0.0325. The van der Waals surface area contributed by atoms with E-state index in [1.807, 2.05) is 60.7 Å². The highest BCUT2D eigenvalue weighted by Crippen LogP contribution is 2.25. The van der Waals surface area contributed by atoms with Gasteiger partial charge in [0.15, 0.2) is 0 Å². The fraction of sp³-hybridized carbons (Fsp3) is 0.143. The van der Waals surface area contributed by atoms with Gasteiger partial charge in [-0.3, -0.25) is 9.97 Å². The summed E-state index contributed by atoms with van der Waals surface area (Å²) in [6.07, 6.45) is 0.746. The molecule has 0 aliphatic carbocycles. The van der Waals surface area contributed by atoms with E-state index in [2.05, 4.69) is 53.3 Å². The van der Waals surface area contributed by atoms with Crippen molar-refractivity contribution in [2.45, 2.75) is 24.6 Å². The molecule has 0 N–H and O–H groups in total. The van der Waals surface area contributed by atoms with E-state index in [1.54, 1.807) is 0 Å². The van der Waals surface area contributed by atoms with Crippen LogP contribution in [0.5, 0.6) is 0 Å². The highest BCUT2D eigenvalue weighted by atomic mass is 35.5. The molecule has 0 spiro atoms. The Morgan fingerprint density at radius 3 is 2.16 bits per heavy atom. The first-order chi connectivity index (χ1) is 15.6. The van der Waals surface area contributed by atoms with E-state index >= 15 is 0 Å². The van der Waals surface area contributed by atoms with Gasteiger partial charge in [-0.25, -0.2) is 0 Å². The molecule has 0 amide bonds. The first-order valence-corrected chi connectivity index (χ1v) is 11.6. The smallest absolute Gasteiger partial charge is 0.0708 e. The van der Waals surface area contributed by atoms with E-state index in [-0.39, 0.29) is 5.38 Å². The van der Waals surface area contributed by atoms with Gasteiger partial charge in [0.25, 0.3) is 0 Å². The average Bonchev–Trinajstić information content (AvgIpc) is 2.85. The topological polar surface area (TPSA) is 25.8 Å². The van der Waals surface area contributed by atoms with Crippen molar-refractivity contribution < 1.29 is 0 Å². The second kappa shape index (κ2) is 10.6. The highest BCUT2D eigenvalue weighted by molar-refractivity contribution is 6.20. The van der Waals surface area contributed by atoms with Crippen molar-refractivity contribution >= 4 is 45.0 Å². The van der Waals surface area contributed by atoms with Crippen molar-refractivity contribution in [3.63, 3.8) is 0 Å². The minimum Gasteiger partial charge on any atom is -0.253 e. The summed E-state index contributed by atoms with van der Waals surface area (Å²) in [6.45, 7) is 2.08. The predicted octanol–water partition coefficient (Wildman–Crippen LogP) is 8.04. The van der Waals surface area contributed by atoms with Crippen LogP contribution in [0.25, 0.3) is 21.8 Å². The zero-order valence-corrected chi connectivity index (χ0v) is 19.4. The van der Waals surface area contributed by atoms with Crippen molar-refractivity contribution in [1.82, 2.24) is 9.97 Å². The first kappa shape index (κ1) is 22.3. The lowest BCUT2D eigenvalue weighted by Crippen LogP contribution is -1.98. The largest absolute Gasteiger partial charge is 0.253 e. The Kier molecular flexibility index (Phi) is 7.36. The zero-order valence-electron chi connectivity index (χ0n) is 17.9. The van der Waals surface area contributed by atoms with E-state index in [0.29, 0.717) is 5.88 Å². The van der Waals surface area contributed by atoms with Crippen molar-refractivity contribution in [1.29, 1.82) is 0 Å². The number of aromatic nitrogens is 2. The van der Waals surface area contributed by atoms with Crippen LogP contribution in [-0.2, 0) is 12.3 Å². The third-order valence-electron chi connectivity index (χ3n) is 5.32. The fourth-order valence-electron chi connectivity index (χ4n) is 3.67. The molecular formula is C28H24Cl2N2. The van der Waals surface area contributed by atoms with Gasteiger partial charge < -0.3 is 0 Å². The Bertz CT molecular complexity index is 1320. The number of hydrogen-bond donors (Lipinski definition) is 0. The van der Waals surface area contributed by atoms with Crippen LogP contribution in [0.15, 0.2) is 97.1 Å². The quantitative estimate of drug-likeness (QED) is 0.254. The maximum Gasteiger partial charge on any atom is 0.0708 e. The van der Waals surface area contributed by atoms with Crippen molar-refractivity contribution in [3.05, 3.63) is 120 Å². The van der Waals surface area contributed by atoms with Crippen LogP contribution in [0.2, 0.25) is 0 Å². The number of aryl methyl sites for hydroxylation is 1. The maximum absolute atomic E-state index is 6.45. The highest BCUT2D eigenvalue weighted by Gasteiger charge is 2.09. The number of pyridine rings is 2. The molecule has 2 aromatic heterocycles. The molecule has 5 aromatic rings. The van der Waals surface area contributed by atoms with E-state index in [4.69, 9.17) is 23.2 Å². The zero-order chi connectivity index (χ0) is 22.3. The van der Waals surface area contributed by atoms with Crippen LogP contribution in [0.3, 0.4) is 0 Å². The molecule has 3 aromatic carbocycles. The van der Waals surface area contributed by atoms with E-state index in [1.165, 1.54) is 10.9 Å². The number of fused-ring (bicyclic) bond motifs is 2. The van der Waals surface area contributed by atoms with Gasteiger partial charge in [-0.05, 0) is 42.3 Å². The minimum atomic E-state index is -0.0325. The summed E-state index contributed by atoms with van der Waals surface area (Å²) in [5.74, 6) is 0.478. The second-order valence-electron chi connectivity index (χ2n) is 7.66. The Labute approximate surface area is 198 Å². The summed E-state index contributed by atoms with van der Waals surface area (Å²) < 4.78 is 0. The van der Waals surface area contributed by atoms with Crippen LogP contribution < -0.4 is 0 Å². The maximum atomic E-state index is 6.45. The molecule has 5 rings (SSSR count). The van der Waals surface area contributed by atoms with E-state index in [0.717, 1.165) is 39.8 Å². The number of nitrogens with zero attached hydrogens (tertiary/aromatic N) is 2. The van der Waals surface area contributed by atoms with Gasteiger partial charge in [-0.1, -0.05) is 72.8 Å². The molecule has 160 valence electrons. The number of alkyl halides is 2. The summed E-state index contributed by atoms with van der Waals surface area (Å²) in [4.78, 5) is 9.08. The number of halogens is 2. The Morgan fingerprint density at radius 1 is 0.719 bits per heavy atom. The first-order valence-electron chi connectivity index (χ1n) is 10.6. The normalized spacial score (nSPS) is 11.7. The number of rotatable bonds is 4. The molecule has 2 nitrogen and oxygen atoms in total. The Morgan fingerprint density at radius 2 is 1.38 bits per heavy atom. The fourth-order valence-corrected chi connectivity index (χ4v) is 4.11. The lowest BCUT2D eigenvalue weighted by molar-refractivity contribution is 0.888. The molecule has 0 fully saturated rings. The van der Waals surface area contributed by atoms with Crippen LogP contribution in [0.1, 0.15) is 27.9 Å². The molecule has 32 heavy (non-hydrogen) atoms. The summed E-state index contributed by atoms with van der Waals surface area (Å²) in [7, 11) is 0. The Hall–Kier alpha value is -2.94. The molecule has 1 atom stereocenters. The summed E-state index contributed by atoms with van der Waals surface area (Å²) >= 11 is 12.2. The van der Waals surface area contributed by atoms with Gasteiger partial charge in [-0.2, -0.15) is 0 Å². The monoisotopic (exact) mass is 458 g/mol. The second-order valence-corrected chi connectivity index (χ2v) is 8.45. The van der Waals surface area contributed by atoms with Gasteiger partial charge in [0.2, 0.25) is 0 Å². The van der Waals surface area contributed by atoms with Crippen LogP contribution in [-0.4, -0.2) is 9.97 Å². The SMILES string of the molecule is Cc1cc(CCl)nc2ccccc12.ClC(Cc1ccc2ccccc2n1)c1ccccc1. The average molecular weight is 459 g/mol. The summed E-state index contributed by atoms with van der Waals surface area (Å²) in [5.41, 5.74) is 6.40. The van der Waals surface area contributed by atoms with Gasteiger partial charge >= 0.3 is 0 Å². The number of hydrogen-bond acceptors (Lipinski definition) is 2. The molecule has 0 aliphatic heterocycles. The third kappa shape index (κ3) is 5.45. The Balaban J connectivity index is 0.000000165.